The van der Waals surface area contributed by atoms with Crippen LogP contribution >= 0.6 is 0 Å². The third-order valence-electron chi connectivity index (χ3n) is 3.89. The number of nitrogens with zero attached hydrogens (tertiary/aromatic N) is 1. The zero-order chi connectivity index (χ0) is 19.7. The summed E-state index contributed by atoms with van der Waals surface area (Å²) < 4.78 is 53.0. The predicted octanol–water partition coefficient (Wildman–Crippen LogP) is 0.0942. The highest BCUT2D eigenvalue weighted by Crippen LogP contribution is 2.31. The van der Waals surface area contributed by atoms with Crippen molar-refractivity contribution in [3.8, 4) is 5.75 Å². The van der Waals surface area contributed by atoms with Crippen LogP contribution in [0.1, 0.15) is 5.56 Å². The minimum absolute atomic E-state index is 0.0260. The summed E-state index contributed by atoms with van der Waals surface area (Å²) in [5, 5.41) is 10.1. The molecule has 0 radical (unpaired) electrons. The van der Waals surface area contributed by atoms with Crippen molar-refractivity contribution in [2.45, 2.75) is 11.3 Å². The Kier molecular flexibility index (Phi) is 5.09. The summed E-state index contributed by atoms with van der Waals surface area (Å²) in [5.41, 5.74) is 0.574. The molecule has 0 aromatic heterocycles. The van der Waals surface area contributed by atoms with Crippen LogP contribution in [0.2, 0.25) is 0 Å². The number of hydrogen-bond donors (Lipinski definition) is 3. The number of phenolic OH excluding ortho intramolecular Hbond substituents is 1. The molecule has 0 aliphatic carbocycles. The molecule has 1 heterocycles. The molecular formula is C16H17N3O6S2. The van der Waals surface area contributed by atoms with Crippen LogP contribution < -0.4 is 13.7 Å². The van der Waals surface area contributed by atoms with Gasteiger partial charge in [-0.25, -0.2) is 22.2 Å². The SMILES string of the molecule is O=C1CN(c2ccc(CCNS(=O)(=O)c3ccccc3)cc2O)S(=O)(=O)N1. The maximum atomic E-state index is 12.1. The van der Waals surface area contributed by atoms with E-state index in [4.69, 9.17) is 0 Å². The first-order valence-electron chi connectivity index (χ1n) is 7.89. The molecule has 1 aliphatic heterocycles. The van der Waals surface area contributed by atoms with Gasteiger partial charge in [0.1, 0.15) is 12.3 Å². The maximum absolute atomic E-state index is 12.1. The molecular weight excluding hydrogens is 394 g/mol. The van der Waals surface area contributed by atoms with Gasteiger partial charge in [0.25, 0.3) is 5.91 Å². The van der Waals surface area contributed by atoms with Crippen LogP contribution in [0.5, 0.6) is 5.75 Å². The van der Waals surface area contributed by atoms with E-state index in [1.165, 1.54) is 24.3 Å². The number of benzene rings is 2. The van der Waals surface area contributed by atoms with Crippen molar-refractivity contribution in [3.63, 3.8) is 0 Å². The number of carbonyl (C=O) groups is 1. The highest BCUT2D eigenvalue weighted by Gasteiger charge is 2.35. The molecule has 144 valence electrons. The van der Waals surface area contributed by atoms with Gasteiger partial charge in [-0.3, -0.25) is 4.79 Å². The molecule has 2 aromatic carbocycles. The summed E-state index contributed by atoms with van der Waals surface area (Å²) >= 11 is 0. The second kappa shape index (κ2) is 7.18. The number of phenols is 1. The first-order chi connectivity index (χ1) is 12.7. The highest BCUT2D eigenvalue weighted by molar-refractivity contribution is 7.92. The van der Waals surface area contributed by atoms with E-state index in [9.17, 15) is 26.7 Å². The molecule has 1 fully saturated rings. The number of sulfonamides is 1. The first kappa shape index (κ1) is 19.1. The van der Waals surface area contributed by atoms with E-state index in [2.05, 4.69) is 4.72 Å². The molecule has 1 saturated heterocycles. The van der Waals surface area contributed by atoms with E-state index >= 15 is 0 Å². The van der Waals surface area contributed by atoms with Gasteiger partial charge in [0.2, 0.25) is 10.0 Å². The number of amides is 1. The molecule has 0 saturated carbocycles. The third-order valence-corrected chi connectivity index (χ3v) is 6.76. The number of hydrogen-bond acceptors (Lipinski definition) is 6. The summed E-state index contributed by atoms with van der Waals surface area (Å²) in [6.07, 6.45) is 0.282. The van der Waals surface area contributed by atoms with Crippen molar-refractivity contribution < 1.29 is 26.7 Å². The minimum atomic E-state index is -4.01. The van der Waals surface area contributed by atoms with Gasteiger partial charge in [0, 0.05) is 6.54 Å². The fraction of sp³-hybridized carbons (Fsp3) is 0.188. The van der Waals surface area contributed by atoms with Gasteiger partial charge in [-0.1, -0.05) is 24.3 Å². The van der Waals surface area contributed by atoms with Crippen LogP contribution in [0.15, 0.2) is 53.4 Å². The summed E-state index contributed by atoms with van der Waals surface area (Å²) in [4.78, 5) is 11.4. The smallest absolute Gasteiger partial charge is 0.326 e. The second-order valence-electron chi connectivity index (χ2n) is 5.82. The quantitative estimate of drug-likeness (QED) is 0.617. The van der Waals surface area contributed by atoms with Crippen molar-refractivity contribution in [2.24, 2.45) is 0 Å². The molecule has 0 spiro atoms. The van der Waals surface area contributed by atoms with Gasteiger partial charge < -0.3 is 5.11 Å². The van der Waals surface area contributed by atoms with Crippen molar-refractivity contribution >= 4 is 31.8 Å². The van der Waals surface area contributed by atoms with Crippen LogP contribution in [0.3, 0.4) is 0 Å². The molecule has 1 amide bonds. The number of anilines is 1. The van der Waals surface area contributed by atoms with E-state index in [1.54, 1.807) is 24.3 Å². The Labute approximate surface area is 156 Å². The molecule has 27 heavy (non-hydrogen) atoms. The fourth-order valence-electron chi connectivity index (χ4n) is 2.61. The van der Waals surface area contributed by atoms with Gasteiger partial charge in [-0.2, -0.15) is 8.42 Å². The molecule has 0 atom stereocenters. The molecule has 0 bridgehead atoms. The largest absolute Gasteiger partial charge is 0.506 e. The first-order valence-corrected chi connectivity index (χ1v) is 10.8. The molecule has 3 rings (SSSR count). The Balaban J connectivity index is 1.68. The minimum Gasteiger partial charge on any atom is -0.506 e. The average Bonchev–Trinajstić information content (AvgIpc) is 2.88. The van der Waals surface area contributed by atoms with Gasteiger partial charge in [0.15, 0.2) is 0 Å². The monoisotopic (exact) mass is 411 g/mol. The van der Waals surface area contributed by atoms with E-state index in [1.807, 2.05) is 4.72 Å². The highest BCUT2D eigenvalue weighted by atomic mass is 32.2. The lowest BCUT2D eigenvalue weighted by Gasteiger charge is -2.16. The van der Waals surface area contributed by atoms with E-state index in [0.717, 1.165) is 4.31 Å². The van der Waals surface area contributed by atoms with Crippen LogP contribution in [0.4, 0.5) is 5.69 Å². The zero-order valence-corrected chi connectivity index (χ0v) is 15.6. The van der Waals surface area contributed by atoms with E-state index < -0.39 is 32.7 Å². The van der Waals surface area contributed by atoms with Crippen LogP contribution in [-0.2, 0) is 31.4 Å². The summed E-state index contributed by atoms with van der Waals surface area (Å²) in [6.45, 7) is -0.315. The summed E-state index contributed by atoms with van der Waals surface area (Å²) in [7, 11) is -7.64. The number of carbonyl (C=O) groups excluding carboxylic acids is 1. The molecule has 0 unspecified atom stereocenters. The topological polar surface area (TPSA) is 133 Å². The Morgan fingerprint density at radius 2 is 1.85 bits per heavy atom. The number of nitrogens with one attached hydrogen (secondary N) is 2. The molecule has 1 aliphatic rings. The van der Waals surface area contributed by atoms with Crippen molar-refractivity contribution in [2.75, 3.05) is 17.4 Å². The molecule has 11 heteroatoms. The summed E-state index contributed by atoms with van der Waals surface area (Å²) in [5.74, 6) is -1.01. The Bertz CT molecular complexity index is 1070. The van der Waals surface area contributed by atoms with Crippen LogP contribution in [0.25, 0.3) is 0 Å². The van der Waals surface area contributed by atoms with Gasteiger partial charge in [-0.15, -0.1) is 0 Å². The molecule has 2 aromatic rings. The predicted molar refractivity (Wildman–Crippen MR) is 97.8 cm³/mol. The van der Waals surface area contributed by atoms with Gasteiger partial charge in [0.05, 0.1) is 10.6 Å². The number of aromatic hydroxyl groups is 1. The lowest BCUT2D eigenvalue weighted by Crippen LogP contribution is -2.29. The van der Waals surface area contributed by atoms with Crippen molar-refractivity contribution in [1.82, 2.24) is 9.44 Å². The standard InChI is InChI=1S/C16H17N3O6S2/c20-15-10-12(6-7-14(15)19-11-16(21)18-27(19,24)25)8-9-17-26(22,23)13-4-2-1-3-5-13/h1-7,10,17,20H,8-9,11H2,(H,18,21). The third kappa shape index (κ3) is 4.21. The van der Waals surface area contributed by atoms with Gasteiger partial charge >= 0.3 is 10.2 Å². The zero-order valence-electron chi connectivity index (χ0n) is 14.0. The van der Waals surface area contributed by atoms with Crippen LogP contribution in [0, 0.1) is 0 Å². The van der Waals surface area contributed by atoms with Gasteiger partial charge in [-0.05, 0) is 36.2 Å². The van der Waals surface area contributed by atoms with Crippen LogP contribution in [-0.4, -0.2) is 40.9 Å². The molecule has 3 N–H and O–H groups in total. The Morgan fingerprint density at radius 1 is 1.15 bits per heavy atom. The normalized spacial score (nSPS) is 16.3. The molecule has 9 nitrogen and oxygen atoms in total. The van der Waals surface area contributed by atoms with Crippen molar-refractivity contribution in [1.29, 1.82) is 0 Å². The lowest BCUT2D eigenvalue weighted by atomic mass is 10.1. The summed E-state index contributed by atoms with van der Waals surface area (Å²) in [6, 6.07) is 12.2. The average molecular weight is 411 g/mol. The fourth-order valence-corrected chi connectivity index (χ4v) is 4.83. The Morgan fingerprint density at radius 3 is 2.44 bits per heavy atom. The lowest BCUT2D eigenvalue weighted by molar-refractivity contribution is -0.117. The van der Waals surface area contributed by atoms with E-state index in [-0.39, 0.29) is 29.3 Å². The Hall–Kier alpha value is -2.63. The second-order valence-corrected chi connectivity index (χ2v) is 9.18. The van der Waals surface area contributed by atoms with E-state index in [0.29, 0.717) is 5.56 Å². The van der Waals surface area contributed by atoms with Crippen molar-refractivity contribution in [3.05, 3.63) is 54.1 Å². The maximum Gasteiger partial charge on any atom is 0.326 e. The number of rotatable bonds is 6.